The lowest BCUT2D eigenvalue weighted by Gasteiger charge is -2.32. The smallest absolute Gasteiger partial charge is 0.398 e. The lowest BCUT2D eigenvalue weighted by atomic mass is 9.84. The number of nitrogens with zero attached hydrogens (tertiary/aromatic N) is 2. The Balaban J connectivity index is 2.04. The molecule has 3 rings (SSSR count). The summed E-state index contributed by atoms with van der Waals surface area (Å²) in [7, 11) is -0.832. The maximum atomic E-state index is 8.23. The molecule has 0 amide bonds. The molecule has 4 nitrogen and oxygen atoms in total. The van der Waals surface area contributed by atoms with Crippen LogP contribution in [0.15, 0.2) is 18.3 Å². The third-order valence-corrected chi connectivity index (χ3v) is 3.98. The number of hydrogen-bond acceptors (Lipinski definition) is 4. The lowest BCUT2D eigenvalue weighted by molar-refractivity contribution is 0.00578. The van der Waals surface area contributed by atoms with E-state index in [-0.39, 0.29) is 10.6 Å². The highest BCUT2D eigenvalue weighted by molar-refractivity contribution is 6.61. The van der Waals surface area contributed by atoms with Crippen molar-refractivity contribution < 1.29 is 23.0 Å². The SMILES string of the molecule is [2H]C1([2H])N(c2ccc(B3OC(C)(C)C(C)(C)O3)nc2)C([2H])([2H])C([2H])([2H])C([2H])([2H])C1([2H])[2H]. The standard InChI is InChI=1S/C16H25BN2O2/c1-15(2)16(3,4)21-17(20-15)14-9-8-13(12-18-14)19-10-6-5-7-11-19/h8-9,12H,5-7,10-11H2,1-4H3/i5D2,6D2,7D2,10D2,11D2. The summed E-state index contributed by atoms with van der Waals surface area (Å²) in [5.74, 6) is 0. The van der Waals surface area contributed by atoms with Gasteiger partial charge in [0.1, 0.15) is 0 Å². The number of hydrogen-bond donors (Lipinski definition) is 0. The summed E-state index contributed by atoms with van der Waals surface area (Å²) >= 11 is 0. The van der Waals surface area contributed by atoms with Crippen molar-refractivity contribution in [2.75, 3.05) is 17.9 Å². The van der Waals surface area contributed by atoms with Gasteiger partial charge in [-0.25, -0.2) is 0 Å². The molecule has 0 N–H and O–H groups in total. The van der Waals surface area contributed by atoms with Crippen molar-refractivity contribution in [3.63, 3.8) is 0 Å². The molecule has 0 spiro atoms. The first-order chi connectivity index (χ1) is 13.7. The fourth-order valence-corrected chi connectivity index (χ4v) is 1.99. The molecule has 21 heavy (non-hydrogen) atoms. The summed E-state index contributed by atoms with van der Waals surface area (Å²) in [4.78, 5) is 4.45. The normalized spacial score (nSPS) is 43.4. The van der Waals surface area contributed by atoms with Crippen molar-refractivity contribution in [1.82, 2.24) is 4.98 Å². The third-order valence-electron chi connectivity index (χ3n) is 3.98. The van der Waals surface area contributed by atoms with Gasteiger partial charge in [0.2, 0.25) is 0 Å². The molecule has 0 atom stereocenters. The van der Waals surface area contributed by atoms with E-state index in [4.69, 9.17) is 23.0 Å². The second-order valence-corrected chi connectivity index (χ2v) is 5.96. The Morgan fingerprint density at radius 3 is 2.24 bits per heavy atom. The molecule has 2 aliphatic heterocycles. The third kappa shape index (κ3) is 2.81. The van der Waals surface area contributed by atoms with Crippen LogP contribution in [0.3, 0.4) is 0 Å². The predicted octanol–water partition coefficient (Wildman–Crippen LogP) is 2.37. The minimum Gasteiger partial charge on any atom is -0.398 e. The molecular formula is C16H25BN2O2. The van der Waals surface area contributed by atoms with Crippen molar-refractivity contribution >= 4 is 18.4 Å². The average Bonchev–Trinajstić information content (AvgIpc) is 2.81. The molecule has 0 aromatic carbocycles. The van der Waals surface area contributed by atoms with Crippen LogP contribution in [0.5, 0.6) is 0 Å². The molecule has 2 aliphatic rings. The van der Waals surface area contributed by atoms with Crippen LogP contribution in [0.25, 0.3) is 0 Å². The molecule has 0 bridgehead atoms. The Kier molecular flexibility index (Phi) is 1.77. The number of piperidine rings is 1. The number of pyridine rings is 1. The van der Waals surface area contributed by atoms with Crippen LogP contribution < -0.4 is 10.5 Å². The Labute approximate surface area is 142 Å². The highest BCUT2D eigenvalue weighted by atomic mass is 16.7. The summed E-state index contributed by atoms with van der Waals surface area (Å²) in [5.41, 5.74) is -1.18. The van der Waals surface area contributed by atoms with Crippen molar-refractivity contribution in [1.29, 1.82) is 0 Å². The molecule has 0 radical (unpaired) electrons. The van der Waals surface area contributed by atoms with E-state index in [0.29, 0.717) is 5.59 Å². The van der Waals surface area contributed by atoms with Gasteiger partial charge in [-0.1, -0.05) is 0 Å². The van der Waals surface area contributed by atoms with Crippen molar-refractivity contribution in [2.45, 2.75) is 58.0 Å². The van der Waals surface area contributed by atoms with Crippen LogP contribution in [0.1, 0.15) is 60.5 Å². The molecule has 0 saturated carbocycles. The molecule has 3 heterocycles. The average molecular weight is 298 g/mol. The van der Waals surface area contributed by atoms with Crippen molar-refractivity contribution in [3.8, 4) is 0 Å². The zero-order chi connectivity index (χ0) is 24.1. The van der Waals surface area contributed by atoms with Crippen LogP contribution >= 0.6 is 0 Å². The van der Waals surface area contributed by atoms with Gasteiger partial charge >= 0.3 is 7.12 Å². The van der Waals surface area contributed by atoms with Crippen LogP contribution in [0.2, 0.25) is 0 Å². The maximum absolute atomic E-state index is 8.23. The first-order valence-corrected chi connectivity index (χ1v) is 6.77. The first kappa shape index (κ1) is 7.01. The van der Waals surface area contributed by atoms with E-state index < -0.39 is 50.4 Å². The Morgan fingerprint density at radius 1 is 1.10 bits per heavy atom. The second-order valence-electron chi connectivity index (χ2n) is 5.96. The molecule has 1 aromatic rings. The predicted molar refractivity (Wildman–Crippen MR) is 86.0 cm³/mol. The lowest BCUT2D eigenvalue weighted by Crippen LogP contribution is -2.41. The van der Waals surface area contributed by atoms with E-state index in [1.54, 1.807) is 0 Å². The van der Waals surface area contributed by atoms with Gasteiger partial charge in [0.25, 0.3) is 0 Å². The van der Waals surface area contributed by atoms with Gasteiger partial charge in [0.05, 0.1) is 22.5 Å². The molecular weight excluding hydrogens is 263 g/mol. The minimum absolute atomic E-state index is 0.251. The fourth-order valence-electron chi connectivity index (χ4n) is 1.99. The highest BCUT2D eigenvalue weighted by Crippen LogP contribution is 2.36. The monoisotopic (exact) mass is 298 g/mol. The summed E-state index contributed by atoms with van der Waals surface area (Å²) in [6.07, 6.45) is -9.17. The van der Waals surface area contributed by atoms with Crippen LogP contribution in [0.4, 0.5) is 5.69 Å². The van der Waals surface area contributed by atoms with Gasteiger partial charge < -0.3 is 14.2 Å². The Morgan fingerprint density at radius 2 is 1.71 bits per heavy atom. The Bertz CT molecular complexity index is 830. The maximum Gasteiger partial charge on any atom is 0.514 e. The van der Waals surface area contributed by atoms with E-state index in [9.17, 15) is 0 Å². The van der Waals surface area contributed by atoms with Gasteiger partial charge in [-0.05, 0) is 58.9 Å². The van der Waals surface area contributed by atoms with Gasteiger partial charge in [-0.3, -0.25) is 4.98 Å². The topological polar surface area (TPSA) is 34.6 Å². The van der Waals surface area contributed by atoms with Gasteiger partial charge in [0, 0.05) is 32.9 Å². The van der Waals surface area contributed by atoms with Crippen LogP contribution in [-0.2, 0) is 9.31 Å². The zero-order valence-electron chi connectivity index (χ0n) is 22.5. The fraction of sp³-hybridized carbons (Fsp3) is 0.688. The molecule has 0 unspecified atom stereocenters. The Hall–Kier alpha value is -1.07. The molecule has 2 fully saturated rings. The minimum atomic E-state index is -3.46. The van der Waals surface area contributed by atoms with Gasteiger partial charge in [-0.2, -0.15) is 0 Å². The quantitative estimate of drug-likeness (QED) is 0.785. The van der Waals surface area contributed by atoms with E-state index >= 15 is 0 Å². The van der Waals surface area contributed by atoms with E-state index in [1.165, 1.54) is 12.1 Å². The van der Waals surface area contributed by atoms with Gasteiger partial charge in [0.15, 0.2) is 0 Å². The summed E-state index contributed by atoms with van der Waals surface area (Å²) in [6, 6.07) is 2.66. The van der Waals surface area contributed by atoms with E-state index in [2.05, 4.69) is 4.98 Å². The summed E-state index contributed by atoms with van der Waals surface area (Å²) in [6.45, 7) is 0.956. The second kappa shape index (κ2) is 5.29. The summed E-state index contributed by atoms with van der Waals surface area (Å²) in [5, 5.41) is 0. The van der Waals surface area contributed by atoms with Gasteiger partial charge in [-0.15, -0.1) is 0 Å². The molecule has 114 valence electrons. The summed E-state index contributed by atoms with van der Waals surface area (Å²) < 4.78 is 92.5. The van der Waals surface area contributed by atoms with E-state index in [0.717, 1.165) is 6.20 Å². The largest absolute Gasteiger partial charge is 0.514 e. The zero-order valence-corrected chi connectivity index (χ0v) is 12.5. The number of anilines is 1. The molecule has 0 aliphatic carbocycles. The van der Waals surface area contributed by atoms with Crippen LogP contribution in [-0.4, -0.2) is 36.3 Å². The highest BCUT2D eigenvalue weighted by Gasteiger charge is 2.52. The first-order valence-electron chi connectivity index (χ1n) is 11.8. The van der Waals surface area contributed by atoms with Crippen molar-refractivity contribution in [3.05, 3.63) is 18.3 Å². The molecule has 1 aromatic heterocycles. The van der Waals surface area contributed by atoms with E-state index in [1.807, 2.05) is 27.7 Å². The molecule has 2 saturated heterocycles. The molecule has 5 heteroatoms. The number of rotatable bonds is 2. The van der Waals surface area contributed by atoms with Crippen LogP contribution in [0, 0.1) is 0 Å². The number of aromatic nitrogens is 1. The van der Waals surface area contributed by atoms with Crippen molar-refractivity contribution in [2.24, 2.45) is 0 Å².